The van der Waals surface area contributed by atoms with Crippen molar-refractivity contribution < 1.29 is 0 Å². The lowest BCUT2D eigenvalue weighted by Crippen LogP contribution is -2.02. The first kappa shape index (κ1) is 9.91. The van der Waals surface area contributed by atoms with Crippen molar-refractivity contribution in [2.75, 3.05) is 0 Å². The standard InChI is InChI=1S/C14H15N/c1-11-6-5-9-15-14(10-11)13-8-4-3-7-12(13)2/h3-9H,10H2,1-2H3. The summed E-state index contributed by atoms with van der Waals surface area (Å²) in [5.41, 5.74) is 5.07. The molecular formula is C14H15N. The molecule has 0 radical (unpaired) electrons. The highest BCUT2D eigenvalue weighted by Crippen LogP contribution is 2.16. The average Bonchev–Trinajstić information content (AvgIpc) is 2.43. The zero-order valence-electron chi connectivity index (χ0n) is 9.20. The summed E-state index contributed by atoms with van der Waals surface area (Å²) in [6.45, 7) is 4.27. The van der Waals surface area contributed by atoms with Crippen LogP contribution < -0.4 is 0 Å². The fourth-order valence-corrected chi connectivity index (χ4v) is 1.77. The van der Waals surface area contributed by atoms with Crippen molar-refractivity contribution in [3.05, 3.63) is 59.3 Å². The lowest BCUT2D eigenvalue weighted by atomic mass is 9.99. The fraction of sp³-hybridized carbons (Fsp3) is 0.214. The van der Waals surface area contributed by atoms with E-state index in [0.717, 1.165) is 12.1 Å². The Morgan fingerprint density at radius 3 is 2.73 bits per heavy atom. The van der Waals surface area contributed by atoms with E-state index in [1.165, 1.54) is 16.7 Å². The highest BCUT2D eigenvalue weighted by Gasteiger charge is 2.07. The molecule has 0 atom stereocenters. The Morgan fingerprint density at radius 2 is 1.93 bits per heavy atom. The number of aliphatic imine (C=N–C) groups is 1. The molecule has 1 heteroatoms. The van der Waals surface area contributed by atoms with Crippen LogP contribution in [0.3, 0.4) is 0 Å². The van der Waals surface area contributed by atoms with E-state index in [-0.39, 0.29) is 0 Å². The molecular weight excluding hydrogens is 182 g/mol. The van der Waals surface area contributed by atoms with Gasteiger partial charge in [0.1, 0.15) is 0 Å². The molecule has 0 saturated heterocycles. The molecule has 0 amide bonds. The van der Waals surface area contributed by atoms with Crippen LogP contribution in [0.5, 0.6) is 0 Å². The van der Waals surface area contributed by atoms with Gasteiger partial charge in [0, 0.05) is 12.6 Å². The zero-order valence-corrected chi connectivity index (χ0v) is 9.20. The minimum absolute atomic E-state index is 0.942. The monoisotopic (exact) mass is 197 g/mol. The Labute approximate surface area is 90.9 Å². The van der Waals surface area contributed by atoms with Crippen LogP contribution in [0, 0.1) is 6.92 Å². The number of nitrogens with zero attached hydrogens (tertiary/aromatic N) is 1. The van der Waals surface area contributed by atoms with Crippen LogP contribution >= 0.6 is 0 Å². The van der Waals surface area contributed by atoms with Gasteiger partial charge in [0.25, 0.3) is 0 Å². The van der Waals surface area contributed by atoms with E-state index in [2.05, 4.69) is 49.2 Å². The minimum Gasteiger partial charge on any atom is -0.260 e. The predicted octanol–water partition coefficient (Wildman–Crippen LogP) is 3.65. The molecule has 0 aliphatic carbocycles. The summed E-state index contributed by atoms with van der Waals surface area (Å²) < 4.78 is 0. The van der Waals surface area contributed by atoms with Crippen molar-refractivity contribution in [2.24, 2.45) is 4.99 Å². The van der Waals surface area contributed by atoms with Gasteiger partial charge in [-0.15, -0.1) is 0 Å². The van der Waals surface area contributed by atoms with Gasteiger partial charge in [0.2, 0.25) is 0 Å². The van der Waals surface area contributed by atoms with Crippen LogP contribution in [-0.2, 0) is 0 Å². The summed E-state index contributed by atoms with van der Waals surface area (Å²) in [4.78, 5) is 4.49. The summed E-state index contributed by atoms with van der Waals surface area (Å²) in [7, 11) is 0. The fourth-order valence-electron chi connectivity index (χ4n) is 1.77. The maximum atomic E-state index is 4.49. The van der Waals surface area contributed by atoms with Gasteiger partial charge >= 0.3 is 0 Å². The van der Waals surface area contributed by atoms with Gasteiger partial charge in [-0.2, -0.15) is 0 Å². The van der Waals surface area contributed by atoms with Crippen LogP contribution in [0.15, 0.2) is 53.2 Å². The molecule has 1 nitrogen and oxygen atoms in total. The van der Waals surface area contributed by atoms with Crippen LogP contribution in [0.25, 0.3) is 0 Å². The van der Waals surface area contributed by atoms with Gasteiger partial charge in [-0.25, -0.2) is 0 Å². The average molecular weight is 197 g/mol. The van der Waals surface area contributed by atoms with Crippen molar-refractivity contribution in [1.82, 2.24) is 0 Å². The lowest BCUT2D eigenvalue weighted by molar-refractivity contribution is 1.25. The first-order valence-electron chi connectivity index (χ1n) is 5.22. The predicted molar refractivity (Wildman–Crippen MR) is 65.2 cm³/mol. The molecule has 1 aliphatic rings. The van der Waals surface area contributed by atoms with E-state index >= 15 is 0 Å². The summed E-state index contributed by atoms with van der Waals surface area (Å²) in [6, 6.07) is 8.40. The Balaban J connectivity index is 2.40. The van der Waals surface area contributed by atoms with Crippen LogP contribution in [-0.4, -0.2) is 5.71 Å². The highest BCUT2D eigenvalue weighted by molar-refractivity contribution is 6.03. The molecule has 0 aromatic heterocycles. The van der Waals surface area contributed by atoms with Crippen molar-refractivity contribution in [2.45, 2.75) is 20.3 Å². The molecule has 1 aliphatic heterocycles. The first-order chi connectivity index (χ1) is 7.27. The molecule has 76 valence electrons. The van der Waals surface area contributed by atoms with Crippen molar-refractivity contribution in [1.29, 1.82) is 0 Å². The molecule has 0 saturated carbocycles. The van der Waals surface area contributed by atoms with E-state index in [1.54, 1.807) is 0 Å². The number of allylic oxidation sites excluding steroid dienone is 3. The van der Waals surface area contributed by atoms with E-state index in [9.17, 15) is 0 Å². The number of hydrogen-bond acceptors (Lipinski definition) is 1. The zero-order chi connectivity index (χ0) is 10.7. The molecule has 0 unspecified atom stereocenters. The van der Waals surface area contributed by atoms with Gasteiger partial charge in [-0.05, 0) is 31.1 Å². The summed E-state index contributed by atoms with van der Waals surface area (Å²) in [5.74, 6) is 0. The van der Waals surface area contributed by atoms with E-state index < -0.39 is 0 Å². The van der Waals surface area contributed by atoms with Crippen LogP contribution in [0.2, 0.25) is 0 Å². The van der Waals surface area contributed by atoms with Gasteiger partial charge < -0.3 is 0 Å². The Morgan fingerprint density at radius 1 is 1.13 bits per heavy atom. The minimum atomic E-state index is 0.942. The summed E-state index contributed by atoms with van der Waals surface area (Å²) >= 11 is 0. The van der Waals surface area contributed by atoms with Gasteiger partial charge in [0.05, 0.1) is 5.71 Å². The quantitative estimate of drug-likeness (QED) is 0.651. The van der Waals surface area contributed by atoms with Crippen molar-refractivity contribution >= 4 is 5.71 Å². The summed E-state index contributed by atoms with van der Waals surface area (Å²) in [5, 5.41) is 0. The van der Waals surface area contributed by atoms with Crippen molar-refractivity contribution in [3.63, 3.8) is 0 Å². The number of rotatable bonds is 1. The van der Waals surface area contributed by atoms with Gasteiger partial charge in [-0.1, -0.05) is 35.9 Å². The van der Waals surface area contributed by atoms with E-state index in [1.807, 2.05) is 12.3 Å². The Bertz CT molecular complexity index is 450. The molecule has 0 bridgehead atoms. The van der Waals surface area contributed by atoms with Crippen LogP contribution in [0.1, 0.15) is 24.5 Å². The van der Waals surface area contributed by atoms with Gasteiger partial charge in [0.15, 0.2) is 0 Å². The lowest BCUT2D eigenvalue weighted by Gasteiger charge is -2.08. The third-order valence-corrected chi connectivity index (χ3v) is 2.60. The second kappa shape index (κ2) is 4.26. The first-order valence-corrected chi connectivity index (χ1v) is 5.22. The second-order valence-corrected chi connectivity index (χ2v) is 3.92. The number of benzene rings is 1. The highest BCUT2D eigenvalue weighted by atomic mass is 14.7. The third-order valence-electron chi connectivity index (χ3n) is 2.60. The molecule has 1 aromatic rings. The van der Waals surface area contributed by atoms with Crippen LogP contribution in [0.4, 0.5) is 0 Å². The molecule has 2 rings (SSSR count). The van der Waals surface area contributed by atoms with Gasteiger partial charge in [-0.3, -0.25) is 4.99 Å². The number of aryl methyl sites for hydroxylation is 1. The molecule has 0 N–H and O–H groups in total. The maximum absolute atomic E-state index is 4.49. The SMILES string of the molecule is CC1=CC=CN=C(c2ccccc2C)C1. The third kappa shape index (κ3) is 2.24. The Kier molecular flexibility index (Phi) is 2.82. The van der Waals surface area contributed by atoms with E-state index in [0.29, 0.717) is 0 Å². The molecule has 0 fully saturated rings. The number of hydrogen-bond donors (Lipinski definition) is 0. The molecule has 1 heterocycles. The summed E-state index contributed by atoms with van der Waals surface area (Å²) in [6.07, 6.45) is 6.94. The maximum Gasteiger partial charge on any atom is 0.0518 e. The largest absolute Gasteiger partial charge is 0.260 e. The smallest absolute Gasteiger partial charge is 0.0518 e. The normalized spacial score (nSPS) is 15.6. The Hall–Kier alpha value is -1.63. The molecule has 1 aromatic carbocycles. The van der Waals surface area contributed by atoms with Crippen molar-refractivity contribution in [3.8, 4) is 0 Å². The second-order valence-electron chi connectivity index (χ2n) is 3.92. The molecule has 0 spiro atoms. The van der Waals surface area contributed by atoms with E-state index in [4.69, 9.17) is 0 Å². The molecule has 15 heavy (non-hydrogen) atoms. The topological polar surface area (TPSA) is 12.4 Å².